The van der Waals surface area contributed by atoms with Crippen molar-refractivity contribution in [3.63, 3.8) is 0 Å². The van der Waals surface area contributed by atoms with E-state index in [1.165, 1.54) is 11.3 Å². The predicted octanol–water partition coefficient (Wildman–Crippen LogP) is 4.07. The summed E-state index contributed by atoms with van der Waals surface area (Å²) in [6.45, 7) is 10.3. The van der Waals surface area contributed by atoms with Crippen molar-refractivity contribution in [3.8, 4) is 0 Å². The molecule has 0 bridgehead atoms. The summed E-state index contributed by atoms with van der Waals surface area (Å²) in [7, 11) is 1.93. The molecule has 0 spiro atoms. The van der Waals surface area contributed by atoms with E-state index < -0.39 is 0 Å². The minimum absolute atomic E-state index is 0.0556. The fraction of sp³-hybridized carbons (Fsp3) is 0.526. The molecule has 3 heteroatoms. The lowest BCUT2D eigenvalue weighted by Gasteiger charge is -2.21. The van der Waals surface area contributed by atoms with Crippen LogP contribution < -0.4 is 10.6 Å². The maximum Gasteiger partial charge on any atom is 0.227 e. The number of allylic oxidation sites excluding steroid dienone is 6. The molecule has 0 fully saturated rings. The molecule has 2 atom stereocenters. The van der Waals surface area contributed by atoms with Gasteiger partial charge in [-0.15, -0.1) is 0 Å². The van der Waals surface area contributed by atoms with Crippen LogP contribution in [-0.2, 0) is 4.79 Å². The van der Waals surface area contributed by atoms with Gasteiger partial charge in [-0.3, -0.25) is 4.79 Å². The molecule has 0 aliphatic heterocycles. The van der Waals surface area contributed by atoms with Crippen LogP contribution in [0.3, 0.4) is 0 Å². The van der Waals surface area contributed by atoms with E-state index in [1.807, 2.05) is 13.1 Å². The Balaban J connectivity index is 2.64. The van der Waals surface area contributed by atoms with Gasteiger partial charge in [-0.25, -0.2) is 0 Å². The molecule has 22 heavy (non-hydrogen) atoms. The van der Waals surface area contributed by atoms with Crippen molar-refractivity contribution < 1.29 is 4.79 Å². The largest absolute Gasteiger partial charge is 0.392 e. The maximum absolute atomic E-state index is 12.3. The van der Waals surface area contributed by atoms with E-state index in [4.69, 9.17) is 0 Å². The summed E-state index contributed by atoms with van der Waals surface area (Å²) in [5, 5.41) is 6.15. The molecule has 2 unspecified atom stereocenters. The summed E-state index contributed by atoms with van der Waals surface area (Å²) in [6, 6.07) is 0. The fourth-order valence-corrected chi connectivity index (χ4v) is 2.41. The Labute approximate surface area is 135 Å². The zero-order chi connectivity index (χ0) is 16.5. The highest BCUT2D eigenvalue weighted by atomic mass is 16.1. The van der Waals surface area contributed by atoms with Gasteiger partial charge in [-0.05, 0) is 50.7 Å². The number of amides is 1. The summed E-state index contributed by atoms with van der Waals surface area (Å²) >= 11 is 0. The van der Waals surface area contributed by atoms with Gasteiger partial charge in [0.05, 0.1) is 0 Å². The molecule has 0 saturated carbocycles. The Morgan fingerprint density at radius 1 is 1.50 bits per heavy atom. The third-order valence-corrected chi connectivity index (χ3v) is 4.51. The van der Waals surface area contributed by atoms with Crippen LogP contribution in [0.4, 0.5) is 0 Å². The fourth-order valence-electron chi connectivity index (χ4n) is 2.41. The van der Waals surface area contributed by atoms with Crippen LogP contribution >= 0.6 is 0 Å². The van der Waals surface area contributed by atoms with Gasteiger partial charge in [0.15, 0.2) is 0 Å². The van der Waals surface area contributed by atoms with E-state index in [0.29, 0.717) is 5.92 Å². The summed E-state index contributed by atoms with van der Waals surface area (Å²) in [6.07, 6.45) is 11.6. The third kappa shape index (κ3) is 5.55. The normalized spacial score (nSPS) is 20.9. The average molecular weight is 302 g/mol. The van der Waals surface area contributed by atoms with Crippen LogP contribution in [0.15, 0.2) is 47.9 Å². The topological polar surface area (TPSA) is 41.1 Å². The van der Waals surface area contributed by atoms with E-state index in [9.17, 15) is 4.79 Å². The molecule has 2 N–H and O–H groups in total. The standard InChI is InChI=1S/C19H30N2O/c1-6-14(3)15(4)8-11-17(7-2)21-19(22)16-9-12-18(20-5)13-10-16/h7-8,11-12,14,16,20H,2,6,9-10,13H2,1,3-5H3,(H,21,22)/b15-8+,17-11+. The van der Waals surface area contributed by atoms with Crippen molar-refractivity contribution in [3.05, 3.63) is 47.9 Å². The molecule has 1 aliphatic carbocycles. The first-order valence-electron chi connectivity index (χ1n) is 8.20. The number of nitrogens with one attached hydrogen (secondary N) is 2. The number of hydrogen-bond acceptors (Lipinski definition) is 2. The van der Waals surface area contributed by atoms with Crippen molar-refractivity contribution in [1.29, 1.82) is 0 Å². The zero-order valence-electron chi connectivity index (χ0n) is 14.4. The van der Waals surface area contributed by atoms with Crippen molar-refractivity contribution in [1.82, 2.24) is 10.6 Å². The predicted molar refractivity (Wildman–Crippen MR) is 94.1 cm³/mol. The Bertz CT molecular complexity index is 486. The zero-order valence-corrected chi connectivity index (χ0v) is 14.4. The summed E-state index contributed by atoms with van der Waals surface area (Å²) in [4.78, 5) is 12.3. The lowest BCUT2D eigenvalue weighted by molar-refractivity contribution is -0.124. The second kappa shape index (κ2) is 9.29. The number of carbonyl (C=O) groups excluding carboxylic acids is 1. The first-order valence-corrected chi connectivity index (χ1v) is 8.20. The Morgan fingerprint density at radius 3 is 2.73 bits per heavy atom. The third-order valence-electron chi connectivity index (χ3n) is 4.51. The molecular weight excluding hydrogens is 272 g/mol. The number of rotatable bonds is 7. The molecule has 122 valence electrons. The molecule has 0 saturated heterocycles. The molecule has 0 aromatic rings. The van der Waals surface area contributed by atoms with Crippen LogP contribution in [0.1, 0.15) is 46.5 Å². The maximum atomic E-state index is 12.3. The highest BCUT2D eigenvalue weighted by Gasteiger charge is 2.21. The van der Waals surface area contributed by atoms with Crippen molar-refractivity contribution in [2.75, 3.05) is 7.05 Å². The van der Waals surface area contributed by atoms with Crippen LogP contribution in [0.25, 0.3) is 0 Å². The quantitative estimate of drug-likeness (QED) is 0.696. The minimum Gasteiger partial charge on any atom is -0.392 e. The average Bonchev–Trinajstić information content (AvgIpc) is 2.57. The van der Waals surface area contributed by atoms with E-state index in [-0.39, 0.29) is 11.8 Å². The number of carbonyl (C=O) groups is 1. The second-order valence-corrected chi connectivity index (χ2v) is 5.99. The van der Waals surface area contributed by atoms with E-state index in [2.05, 4.69) is 50.1 Å². The van der Waals surface area contributed by atoms with Gasteiger partial charge in [-0.2, -0.15) is 0 Å². The smallest absolute Gasteiger partial charge is 0.227 e. The minimum atomic E-state index is 0.0556. The molecule has 3 nitrogen and oxygen atoms in total. The van der Waals surface area contributed by atoms with Crippen molar-refractivity contribution >= 4 is 5.91 Å². The highest BCUT2D eigenvalue weighted by molar-refractivity contribution is 5.81. The van der Waals surface area contributed by atoms with Gasteiger partial charge >= 0.3 is 0 Å². The van der Waals surface area contributed by atoms with E-state index >= 15 is 0 Å². The van der Waals surface area contributed by atoms with Gasteiger partial charge in [-0.1, -0.05) is 38.2 Å². The van der Waals surface area contributed by atoms with Crippen LogP contribution in [-0.4, -0.2) is 13.0 Å². The summed E-state index contributed by atoms with van der Waals surface area (Å²) in [5.41, 5.74) is 3.32. The van der Waals surface area contributed by atoms with Gasteiger partial charge in [0.2, 0.25) is 5.91 Å². The van der Waals surface area contributed by atoms with Crippen molar-refractivity contribution in [2.45, 2.75) is 46.5 Å². The Hall–Kier alpha value is -1.77. The SMILES string of the molecule is C=C/C(=C\C=C(/C)C(C)CC)NC(=O)C1CC=C(NC)CC1. The van der Waals surface area contributed by atoms with Gasteiger partial charge in [0, 0.05) is 24.4 Å². The second-order valence-electron chi connectivity index (χ2n) is 5.99. The van der Waals surface area contributed by atoms with Crippen LogP contribution in [0.5, 0.6) is 0 Å². The molecule has 1 amide bonds. The van der Waals surface area contributed by atoms with Crippen LogP contribution in [0.2, 0.25) is 0 Å². The molecular formula is C19H30N2O. The highest BCUT2D eigenvalue weighted by Crippen LogP contribution is 2.22. The lowest BCUT2D eigenvalue weighted by atomic mass is 9.91. The molecule has 0 radical (unpaired) electrons. The van der Waals surface area contributed by atoms with Crippen molar-refractivity contribution in [2.24, 2.45) is 11.8 Å². The summed E-state index contributed by atoms with van der Waals surface area (Å²) in [5.74, 6) is 0.703. The Morgan fingerprint density at radius 2 is 2.23 bits per heavy atom. The van der Waals surface area contributed by atoms with E-state index in [1.54, 1.807) is 6.08 Å². The summed E-state index contributed by atoms with van der Waals surface area (Å²) < 4.78 is 0. The molecule has 0 aromatic carbocycles. The number of hydrogen-bond donors (Lipinski definition) is 2. The molecule has 0 heterocycles. The first kappa shape index (κ1) is 18.3. The van der Waals surface area contributed by atoms with Gasteiger partial charge in [0.25, 0.3) is 0 Å². The monoisotopic (exact) mass is 302 g/mol. The van der Waals surface area contributed by atoms with Gasteiger partial charge in [0.1, 0.15) is 0 Å². The van der Waals surface area contributed by atoms with Gasteiger partial charge < -0.3 is 10.6 Å². The van der Waals surface area contributed by atoms with E-state index in [0.717, 1.165) is 31.4 Å². The molecule has 1 aliphatic rings. The Kier molecular flexibility index (Phi) is 7.72. The first-order chi connectivity index (χ1) is 10.5. The molecule has 0 aromatic heterocycles. The molecule has 1 rings (SSSR count). The lowest BCUT2D eigenvalue weighted by Crippen LogP contribution is -2.31. The van der Waals surface area contributed by atoms with Crippen LogP contribution in [0, 0.1) is 11.8 Å².